The highest BCUT2D eigenvalue weighted by Crippen LogP contribution is 2.40. The maximum absolute atomic E-state index is 12.7. The van der Waals surface area contributed by atoms with E-state index in [2.05, 4.69) is 16.8 Å². The van der Waals surface area contributed by atoms with Crippen LogP contribution in [0, 0.1) is 17.8 Å². The van der Waals surface area contributed by atoms with Crippen molar-refractivity contribution in [1.82, 2.24) is 4.57 Å². The molecule has 1 saturated carbocycles. The maximum Gasteiger partial charge on any atom is 0.254 e. The molecular weight excluding hydrogens is 340 g/mol. The second-order valence-corrected chi connectivity index (χ2v) is 8.80. The Hall–Kier alpha value is -2.32. The number of fused-ring (bicyclic) bond motifs is 1. The molecule has 0 bridgehead atoms. The molecule has 2 aliphatic carbocycles. The molecule has 1 fully saturated rings. The lowest BCUT2D eigenvalue weighted by Crippen LogP contribution is -2.26. The van der Waals surface area contributed by atoms with Crippen molar-refractivity contribution < 1.29 is 9.84 Å². The van der Waals surface area contributed by atoms with E-state index in [0.29, 0.717) is 18.9 Å². The second kappa shape index (κ2) is 5.84. The van der Waals surface area contributed by atoms with Crippen molar-refractivity contribution in [1.29, 1.82) is 0 Å². The molecule has 4 rings (SSSR count). The Morgan fingerprint density at radius 3 is 2.70 bits per heavy atom. The predicted octanol–water partition coefficient (Wildman–Crippen LogP) is 2.43. The molecule has 3 aliphatic rings. The highest BCUT2D eigenvalue weighted by Gasteiger charge is 2.39. The summed E-state index contributed by atoms with van der Waals surface area (Å²) < 4.78 is 7.64. The molecular formula is C22H26N2O3. The topological polar surface area (TPSA) is 63.8 Å². The van der Waals surface area contributed by atoms with Crippen LogP contribution in [0.1, 0.15) is 57.2 Å². The van der Waals surface area contributed by atoms with E-state index in [-0.39, 0.29) is 17.1 Å². The van der Waals surface area contributed by atoms with Gasteiger partial charge in [0, 0.05) is 41.9 Å². The molecule has 0 radical (unpaired) electrons. The van der Waals surface area contributed by atoms with E-state index in [4.69, 9.17) is 4.74 Å². The quantitative estimate of drug-likeness (QED) is 0.818. The van der Waals surface area contributed by atoms with Crippen molar-refractivity contribution in [3.05, 3.63) is 38.8 Å². The molecule has 142 valence electrons. The van der Waals surface area contributed by atoms with E-state index < -0.39 is 5.60 Å². The summed E-state index contributed by atoms with van der Waals surface area (Å²) in [7, 11) is 1.74. The second-order valence-electron chi connectivity index (χ2n) is 8.80. The summed E-state index contributed by atoms with van der Waals surface area (Å²) in [5.41, 5.74) is 2.91. The molecule has 1 atom stereocenters. The first-order valence-corrected chi connectivity index (χ1v) is 9.51. The number of ether oxygens (including phenoxy) is 1. The summed E-state index contributed by atoms with van der Waals surface area (Å²) >= 11 is 0. The number of nitrogens with zero attached hydrogens (tertiary/aromatic N) is 2. The smallest absolute Gasteiger partial charge is 0.254 e. The molecule has 1 N–H and O–H groups in total. The van der Waals surface area contributed by atoms with Gasteiger partial charge in [-0.25, -0.2) is 4.99 Å². The summed E-state index contributed by atoms with van der Waals surface area (Å²) in [6.07, 6.45) is 4.36. The zero-order chi connectivity index (χ0) is 19.6. The fourth-order valence-corrected chi connectivity index (χ4v) is 3.86. The van der Waals surface area contributed by atoms with E-state index in [1.165, 1.54) is 0 Å². The van der Waals surface area contributed by atoms with Crippen LogP contribution >= 0.6 is 0 Å². The van der Waals surface area contributed by atoms with E-state index >= 15 is 0 Å². The van der Waals surface area contributed by atoms with Gasteiger partial charge >= 0.3 is 0 Å². The molecule has 0 spiro atoms. The monoisotopic (exact) mass is 366 g/mol. The number of aryl methyl sites for hydroxylation is 1. The summed E-state index contributed by atoms with van der Waals surface area (Å²) in [5, 5.41) is 10.6. The van der Waals surface area contributed by atoms with Crippen molar-refractivity contribution in [3.63, 3.8) is 0 Å². The molecule has 27 heavy (non-hydrogen) atoms. The van der Waals surface area contributed by atoms with Crippen molar-refractivity contribution >= 4 is 11.5 Å². The summed E-state index contributed by atoms with van der Waals surface area (Å²) in [4.78, 5) is 17.3. The van der Waals surface area contributed by atoms with Gasteiger partial charge in [-0.05, 0) is 46.5 Å². The zero-order valence-electron chi connectivity index (χ0n) is 16.6. The van der Waals surface area contributed by atoms with Gasteiger partial charge in [0.15, 0.2) is 0 Å². The van der Waals surface area contributed by atoms with Gasteiger partial charge in [0.25, 0.3) is 5.56 Å². The minimum atomic E-state index is -0.998. The third kappa shape index (κ3) is 3.12. The van der Waals surface area contributed by atoms with Crippen LogP contribution in [-0.2, 0) is 18.2 Å². The molecule has 5 heteroatoms. The van der Waals surface area contributed by atoms with Crippen LogP contribution in [0.15, 0.2) is 21.6 Å². The molecule has 0 saturated heterocycles. The predicted molar refractivity (Wildman–Crippen MR) is 106 cm³/mol. The Bertz CT molecular complexity index is 1010. The third-order valence-electron chi connectivity index (χ3n) is 5.60. The van der Waals surface area contributed by atoms with Gasteiger partial charge in [-0.1, -0.05) is 17.4 Å². The molecule has 0 amide bonds. The Labute approximate surface area is 159 Å². The maximum atomic E-state index is 12.7. The van der Waals surface area contributed by atoms with Gasteiger partial charge in [-0.3, -0.25) is 4.79 Å². The lowest BCUT2D eigenvalue weighted by atomic mass is 9.97. The van der Waals surface area contributed by atoms with Crippen molar-refractivity contribution in [3.8, 4) is 11.8 Å². The number of rotatable bonds is 2. The Kier molecular flexibility index (Phi) is 3.91. The molecule has 2 heterocycles. The van der Waals surface area contributed by atoms with Crippen LogP contribution in [-0.4, -0.2) is 33.3 Å². The first-order chi connectivity index (χ1) is 12.6. The number of aliphatic imine (C=N–C) groups is 1. The average molecular weight is 366 g/mol. The lowest BCUT2D eigenvalue weighted by Gasteiger charge is -2.19. The molecule has 1 aromatic heterocycles. The van der Waals surface area contributed by atoms with Crippen LogP contribution in [0.5, 0.6) is 0 Å². The standard InChI is InChI=1S/C22H26N2O3/c1-13-10-16-18(17(13)19-23-12-21(2,3)27-19)14(11-24(5)20(16)25)8-9-22(4,26)15-6-7-15/h11,15,26H,6-7,10,12H2,1-5H3. The van der Waals surface area contributed by atoms with Gasteiger partial charge in [0.1, 0.15) is 11.2 Å². The summed E-state index contributed by atoms with van der Waals surface area (Å²) in [5.74, 6) is 7.05. The van der Waals surface area contributed by atoms with E-state index in [1.54, 1.807) is 24.7 Å². The fraction of sp³-hybridized carbons (Fsp3) is 0.545. The highest BCUT2D eigenvalue weighted by atomic mass is 16.5. The summed E-state index contributed by atoms with van der Waals surface area (Å²) in [6.45, 7) is 8.40. The minimum Gasteiger partial charge on any atom is -0.469 e. The van der Waals surface area contributed by atoms with Gasteiger partial charge < -0.3 is 14.4 Å². The van der Waals surface area contributed by atoms with Crippen LogP contribution in [0.4, 0.5) is 0 Å². The number of allylic oxidation sites excluding steroid dienone is 1. The van der Waals surface area contributed by atoms with Gasteiger partial charge in [-0.2, -0.15) is 0 Å². The number of hydrogen-bond donors (Lipinski definition) is 1. The van der Waals surface area contributed by atoms with Gasteiger partial charge in [0.2, 0.25) is 5.90 Å². The third-order valence-corrected chi connectivity index (χ3v) is 5.60. The minimum absolute atomic E-state index is 0.0169. The van der Waals surface area contributed by atoms with Gasteiger partial charge in [0.05, 0.1) is 6.54 Å². The van der Waals surface area contributed by atoms with Gasteiger partial charge in [-0.15, -0.1) is 0 Å². The number of pyridine rings is 1. The van der Waals surface area contributed by atoms with E-state index in [1.807, 2.05) is 20.8 Å². The number of aliphatic hydroxyl groups is 1. The van der Waals surface area contributed by atoms with Crippen LogP contribution in [0.2, 0.25) is 0 Å². The van der Waals surface area contributed by atoms with E-state index in [9.17, 15) is 9.90 Å². The molecule has 1 unspecified atom stereocenters. The molecule has 0 aromatic carbocycles. The largest absolute Gasteiger partial charge is 0.469 e. The first kappa shape index (κ1) is 18.1. The Morgan fingerprint density at radius 1 is 1.41 bits per heavy atom. The highest BCUT2D eigenvalue weighted by molar-refractivity contribution is 6.23. The zero-order valence-corrected chi connectivity index (χ0v) is 16.6. The van der Waals surface area contributed by atoms with Crippen LogP contribution in [0.3, 0.4) is 0 Å². The van der Waals surface area contributed by atoms with Crippen LogP contribution < -0.4 is 5.56 Å². The SMILES string of the molecule is CC1=C(C2=NCC(C)(C)O2)c2c(C#CC(C)(O)C3CC3)cn(C)c(=O)c2C1. The first-order valence-electron chi connectivity index (χ1n) is 9.51. The molecule has 5 nitrogen and oxygen atoms in total. The van der Waals surface area contributed by atoms with Crippen molar-refractivity contribution in [2.24, 2.45) is 18.0 Å². The fourth-order valence-electron chi connectivity index (χ4n) is 3.86. The number of hydrogen-bond acceptors (Lipinski definition) is 4. The number of aromatic nitrogens is 1. The van der Waals surface area contributed by atoms with Crippen LogP contribution in [0.25, 0.3) is 5.57 Å². The van der Waals surface area contributed by atoms with E-state index in [0.717, 1.165) is 40.7 Å². The summed E-state index contributed by atoms with van der Waals surface area (Å²) in [6, 6.07) is 0. The molecule has 1 aliphatic heterocycles. The Balaban J connectivity index is 1.84. The van der Waals surface area contributed by atoms with Crippen molar-refractivity contribution in [2.45, 2.75) is 58.2 Å². The molecule has 1 aromatic rings. The Morgan fingerprint density at radius 2 is 2.11 bits per heavy atom. The van der Waals surface area contributed by atoms with Crippen molar-refractivity contribution in [2.75, 3.05) is 6.54 Å². The lowest BCUT2D eigenvalue weighted by molar-refractivity contribution is 0.0980. The normalized spacial score (nSPS) is 22.5. The average Bonchev–Trinajstić information content (AvgIpc) is 3.31.